The van der Waals surface area contributed by atoms with E-state index in [-0.39, 0.29) is 0 Å². The average molecular weight is 219 g/mol. The molecule has 0 unspecified atom stereocenters. The van der Waals surface area contributed by atoms with Gasteiger partial charge < -0.3 is 10.6 Å². The van der Waals surface area contributed by atoms with Crippen molar-refractivity contribution < 1.29 is 9.00 Å². The van der Waals surface area contributed by atoms with Crippen molar-refractivity contribution in [2.75, 3.05) is 31.1 Å². The third kappa shape index (κ3) is 3.63. The zero-order valence-corrected chi connectivity index (χ0v) is 9.23. The Balaban J connectivity index is 2.56. The summed E-state index contributed by atoms with van der Waals surface area (Å²) in [5, 5.41) is 5.69. The fourth-order valence-corrected chi connectivity index (χ4v) is 2.88. The fourth-order valence-electron chi connectivity index (χ4n) is 1.20. The molecule has 5 nitrogen and oxygen atoms in total. The molecule has 0 saturated carbocycles. The lowest BCUT2D eigenvalue weighted by Crippen LogP contribution is -2.37. The lowest BCUT2D eigenvalue weighted by Gasteiger charge is -2.16. The number of urea groups is 1. The summed E-state index contributed by atoms with van der Waals surface area (Å²) in [4.78, 5) is 11.2. The molecule has 14 heavy (non-hydrogen) atoms. The van der Waals surface area contributed by atoms with Crippen LogP contribution in [-0.2, 0) is 9.73 Å². The molecule has 0 aromatic heterocycles. The van der Waals surface area contributed by atoms with Gasteiger partial charge in [0.05, 0.1) is 9.73 Å². The predicted octanol–water partition coefficient (Wildman–Crippen LogP) is 0.177. The molecule has 0 bridgehead atoms. The van der Waals surface area contributed by atoms with Crippen molar-refractivity contribution in [2.45, 2.75) is 13.3 Å². The molecule has 6 heteroatoms. The molecule has 0 atom stereocenters. The average Bonchev–Trinajstić information content (AvgIpc) is 2.15. The molecule has 0 aromatic rings. The maximum Gasteiger partial charge on any atom is 0.349 e. The largest absolute Gasteiger partial charge is 0.349 e. The number of rotatable bonds is 2. The molecule has 1 saturated heterocycles. The second kappa shape index (κ2) is 5.31. The molecule has 0 aromatic carbocycles. The molecular weight excluding hydrogens is 202 g/mol. The van der Waals surface area contributed by atoms with Crippen molar-refractivity contribution in [3.8, 4) is 0 Å². The Labute approximate surface area is 84.8 Å². The van der Waals surface area contributed by atoms with E-state index < -0.39 is 15.8 Å². The number of hydrogen-bond donors (Lipinski definition) is 2. The van der Waals surface area contributed by atoms with Crippen molar-refractivity contribution >= 4 is 15.8 Å². The smallest absolute Gasteiger partial charge is 0.336 e. The number of carbonyl (C=O) groups is 1. The summed E-state index contributed by atoms with van der Waals surface area (Å²) in [6.45, 7) is 3.92. The second-order valence-corrected chi connectivity index (χ2v) is 5.80. The van der Waals surface area contributed by atoms with Crippen LogP contribution in [0.3, 0.4) is 0 Å². The van der Waals surface area contributed by atoms with Gasteiger partial charge in [-0.3, -0.25) is 0 Å². The van der Waals surface area contributed by atoms with Crippen LogP contribution in [0.2, 0.25) is 0 Å². The van der Waals surface area contributed by atoms with Gasteiger partial charge in [0.1, 0.15) is 0 Å². The molecule has 2 N–H and O–H groups in total. The van der Waals surface area contributed by atoms with Crippen molar-refractivity contribution in [2.24, 2.45) is 4.36 Å². The third-order valence-electron chi connectivity index (χ3n) is 1.97. The van der Waals surface area contributed by atoms with Crippen LogP contribution in [0.5, 0.6) is 0 Å². The van der Waals surface area contributed by atoms with Crippen LogP contribution in [0.25, 0.3) is 0 Å². The predicted molar refractivity (Wildman–Crippen MR) is 56.9 cm³/mol. The first-order valence-corrected chi connectivity index (χ1v) is 6.73. The van der Waals surface area contributed by atoms with E-state index >= 15 is 0 Å². The summed E-state index contributed by atoms with van der Waals surface area (Å²) >= 11 is 0. The molecule has 1 aliphatic rings. The first-order chi connectivity index (χ1) is 6.66. The summed E-state index contributed by atoms with van der Waals surface area (Å²) in [5.74, 6) is 0.957. The minimum absolute atomic E-state index is 0.432. The molecule has 1 fully saturated rings. The third-order valence-corrected chi connectivity index (χ3v) is 4.15. The number of amides is 2. The maximum atomic E-state index is 11.9. The number of nitrogens with zero attached hydrogens (tertiary/aromatic N) is 1. The summed E-state index contributed by atoms with van der Waals surface area (Å²) < 4.78 is 15.7. The molecule has 1 heterocycles. The van der Waals surface area contributed by atoms with Gasteiger partial charge >= 0.3 is 6.03 Å². The van der Waals surface area contributed by atoms with Crippen molar-refractivity contribution in [3.05, 3.63) is 0 Å². The zero-order valence-electron chi connectivity index (χ0n) is 8.41. The molecule has 82 valence electrons. The van der Waals surface area contributed by atoms with Crippen LogP contribution in [-0.4, -0.2) is 41.4 Å². The second-order valence-electron chi connectivity index (χ2n) is 3.25. The Hall–Kier alpha value is -0.620. The molecular formula is C8H17N3O2S. The Kier molecular flexibility index (Phi) is 4.34. The van der Waals surface area contributed by atoms with E-state index in [9.17, 15) is 9.00 Å². The maximum absolute atomic E-state index is 11.9. The van der Waals surface area contributed by atoms with E-state index in [1.165, 1.54) is 0 Å². The molecule has 0 aliphatic carbocycles. The van der Waals surface area contributed by atoms with E-state index in [4.69, 9.17) is 0 Å². The van der Waals surface area contributed by atoms with E-state index in [1.807, 2.05) is 6.92 Å². The van der Waals surface area contributed by atoms with E-state index in [0.717, 1.165) is 6.42 Å². The molecule has 0 spiro atoms. The van der Waals surface area contributed by atoms with E-state index in [2.05, 4.69) is 15.0 Å². The summed E-state index contributed by atoms with van der Waals surface area (Å²) in [7, 11) is -2.27. The number of hydrogen-bond acceptors (Lipinski definition) is 3. The van der Waals surface area contributed by atoms with Crippen LogP contribution in [0, 0.1) is 0 Å². The lowest BCUT2D eigenvalue weighted by atomic mass is 10.5. The Morgan fingerprint density at radius 3 is 2.71 bits per heavy atom. The van der Waals surface area contributed by atoms with Crippen LogP contribution < -0.4 is 10.6 Å². The van der Waals surface area contributed by atoms with Crippen LogP contribution in [0.15, 0.2) is 4.36 Å². The minimum Gasteiger partial charge on any atom is -0.336 e. The molecule has 0 radical (unpaired) electrons. The van der Waals surface area contributed by atoms with Gasteiger partial charge in [0.15, 0.2) is 0 Å². The Morgan fingerprint density at radius 1 is 1.50 bits per heavy atom. The zero-order chi connectivity index (χ0) is 10.4. The summed E-state index contributed by atoms with van der Waals surface area (Å²) in [6.07, 6.45) is 0.865. The van der Waals surface area contributed by atoms with Crippen molar-refractivity contribution in [1.29, 1.82) is 0 Å². The van der Waals surface area contributed by atoms with Gasteiger partial charge in [0, 0.05) is 31.1 Å². The van der Waals surface area contributed by atoms with Gasteiger partial charge in [-0.2, -0.15) is 0 Å². The van der Waals surface area contributed by atoms with Crippen molar-refractivity contribution in [3.63, 3.8) is 0 Å². The summed E-state index contributed by atoms with van der Waals surface area (Å²) in [5.41, 5.74) is 0. The van der Waals surface area contributed by atoms with Gasteiger partial charge in [-0.1, -0.05) is 6.92 Å². The topological polar surface area (TPSA) is 70.6 Å². The van der Waals surface area contributed by atoms with Crippen LogP contribution in [0.1, 0.15) is 13.3 Å². The first kappa shape index (κ1) is 11.5. The van der Waals surface area contributed by atoms with Gasteiger partial charge in [-0.05, 0) is 6.42 Å². The highest BCUT2D eigenvalue weighted by Crippen LogP contribution is 2.00. The minimum atomic E-state index is -2.27. The highest BCUT2D eigenvalue weighted by atomic mass is 32.2. The highest BCUT2D eigenvalue weighted by Gasteiger charge is 2.15. The van der Waals surface area contributed by atoms with Crippen LogP contribution in [0.4, 0.5) is 4.79 Å². The molecule has 1 rings (SSSR count). The van der Waals surface area contributed by atoms with Gasteiger partial charge in [0.25, 0.3) is 0 Å². The SMILES string of the molecule is CCCNC(=O)N=S1(=O)CCNCC1. The normalized spacial score (nSPS) is 20.1. The monoisotopic (exact) mass is 219 g/mol. The molecule has 1 aliphatic heterocycles. The number of carbonyl (C=O) groups excluding carboxylic acids is 1. The summed E-state index contributed by atoms with van der Waals surface area (Å²) in [6, 6.07) is -0.432. The number of nitrogens with one attached hydrogen (secondary N) is 2. The van der Waals surface area contributed by atoms with Gasteiger partial charge in [-0.15, -0.1) is 4.36 Å². The van der Waals surface area contributed by atoms with E-state index in [1.54, 1.807) is 0 Å². The molecule has 2 amide bonds. The highest BCUT2D eigenvalue weighted by molar-refractivity contribution is 7.94. The standard InChI is InChI=1S/C8H17N3O2S/c1-2-3-10-8(12)11-14(13)6-4-9-5-7-14/h9H,2-7H2,1H3,(H,10,12). The lowest BCUT2D eigenvalue weighted by molar-refractivity contribution is 0.249. The Bertz CT molecular complexity index is 296. The van der Waals surface area contributed by atoms with Crippen molar-refractivity contribution in [1.82, 2.24) is 10.6 Å². The Morgan fingerprint density at radius 2 is 2.14 bits per heavy atom. The fraction of sp³-hybridized carbons (Fsp3) is 0.875. The van der Waals surface area contributed by atoms with Gasteiger partial charge in [0.2, 0.25) is 0 Å². The first-order valence-electron chi connectivity index (χ1n) is 4.87. The van der Waals surface area contributed by atoms with Gasteiger partial charge in [-0.25, -0.2) is 9.00 Å². The quantitative estimate of drug-likeness (QED) is 0.696. The van der Waals surface area contributed by atoms with Crippen LogP contribution >= 0.6 is 0 Å². The van der Waals surface area contributed by atoms with E-state index in [0.29, 0.717) is 31.1 Å².